The monoisotopic (exact) mass is 305 g/mol. The van der Waals surface area contributed by atoms with Crippen molar-refractivity contribution in [3.05, 3.63) is 42.5 Å². The molecule has 22 heavy (non-hydrogen) atoms. The largest absolute Gasteiger partial charge is 0.478 e. The van der Waals surface area contributed by atoms with Crippen LogP contribution in [0.25, 0.3) is 0 Å². The lowest BCUT2D eigenvalue weighted by Crippen LogP contribution is -2.13. The molecule has 0 saturated carbocycles. The van der Waals surface area contributed by atoms with E-state index in [-0.39, 0.29) is 11.6 Å². The van der Waals surface area contributed by atoms with Crippen molar-refractivity contribution < 1.29 is 29.4 Å². The summed E-state index contributed by atoms with van der Waals surface area (Å²) in [7, 11) is 0. The van der Waals surface area contributed by atoms with Gasteiger partial charge in [0.15, 0.2) is 0 Å². The lowest BCUT2D eigenvalue weighted by molar-refractivity contribution is -0.132. The van der Waals surface area contributed by atoms with Crippen LogP contribution in [0, 0.1) is 0 Å². The summed E-state index contributed by atoms with van der Waals surface area (Å²) < 4.78 is 0. The van der Waals surface area contributed by atoms with Crippen molar-refractivity contribution in [2.24, 2.45) is 0 Å². The summed E-state index contributed by atoms with van der Waals surface area (Å²) in [5, 5.41) is 21.4. The Kier molecular flexibility index (Phi) is 5.98. The topological polar surface area (TPSA) is 146 Å². The van der Waals surface area contributed by atoms with Gasteiger partial charge in [0.05, 0.1) is 0 Å². The number of anilines is 2. The highest BCUT2D eigenvalue weighted by Gasteiger charge is 2.04. The summed E-state index contributed by atoms with van der Waals surface area (Å²) in [5.41, 5.74) is 0. The lowest BCUT2D eigenvalue weighted by atomic mass is 10.4. The fraction of sp³-hybridized carbons (Fsp3) is 0. The molecule has 2 amide bonds. The fourth-order valence-corrected chi connectivity index (χ4v) is 1.20. The van der Waals surface area contributed by atoms with Crippen molar-refractivity contribution in [1.82, 2.24) is 4.98 Å². The minimum absolute atomic E-state index is 0.0834. The molecule has 114 valence electrons. The van der Waals surface area contributed by atoms with E-state index in [4.69, 9.17) is 10.2 Å². The molecule has 9 heteroatoms. The van der Waals surface area contributed by atoms with Crippen molar-refractivity contribution in [2.45, 2.75) is 0 Å². The standard InChI is InChI=1S/C13H11N3O6/c17-10(4-6-12(19)20)15-8-2-1-3-9(14-8)16-11(18)5-7-13(21)22/h1-7H,(H,19,20)(H,21,22)(H2,14,15,16,17,18)/b6-4-,7-5-. The number of rotatable bonds is 6. The first-order valence-electron chi connectivity index (χ1n) is 5.78. The molecule has 9 nitrogen and oxygen atoms in total. The van der Waals surface area contributed by atoms with Crippen LogP contribution in [-0.4, -0.2) is 39.0 Å². The van der Waals surface area contributed by atoms with Crippen LogP contribution < -0.4 is 10.6 Å². The summed E-state index contributed by atoms with van der Waals surface area (Å²) in [5.74, 6) is -3.78. The van der Waals surface area contributed by atoms with Gasteiger partial charge in [-0.1, -0.05) is 6.07 Å². The number of carbonyl (C=O) groups is 4. The van der Waals surface area contributed by atoms with E-state index in [0.717, 1.165) is 12.2 Å². The second-order valence-electron chi connectivity index (χ2n) is 3.73. The van der Waals surface area contributed by atoms with E-state index in [1.165, 1.54) is 18.2 Å². The van der Waals surface area contributed by atoms with Gasteiger partial charge in [0.2, 0.25) is 11.8 Å². The molecule has 0 saturated heterocycles. The van der Waals surface area contributed by atoms with Gasteiger partial charge in [0.25, 0.3) is 0 Å². The molecule has 0 unspecified atom stereocenters. The van der Waals surface area contributed by atoms with Gasteiger partial charge >= 0.3 is 11.9 Å². The number of carboxylic acid groups (broad SMARTS) is 2. The maximum Gasteiger partial charge on any atom is 0.328 e. The average Bonchev–Trinajstić information content (AvgIpc) is 2.43. The van der Waals surface area contributed by atoms with Crippen LogP contribution >= 0.6 is 0 Å². The minimum Gasteiger partial charge on any atom is -0.478 e. The van der Waals surface area contributed by atoms with Gasteiger partial charge < -0.3 is 20.8 Å². The van der Waals surface area contributed by atoms with Crippen LogP contribution in [0.1, 0.15) is 0 Å². The normalized spacial score (nSPS) is 10.5. The van der Waals surface area contributed by atoms with Crippen molar-refractivity contribution in [1.29, 1.82) is 0 Å². The number of pyridine rings is 1. The van der Waals surface area contributed by atoms with Gasteiger partial charge in [0.1, 0.15) is 11.6 Å². The molecule has 1 heterocycles. The number of amides is 2. The minimum atomic E-state index is -1.27. The van der Waals surface area contributed by atoms with Crippen molar-refractivity contribution in [2.75, 3.05) is 10.6 Å². The molecule has 0 aliphatic carbocycles. The zero-order chi connectivity index (χ0) is 16.5. The highest BCUT2D eigenvalue weighted by atomic mass is 16.4. The van der Waals surface area contributed by atoms with Crippen molar-refractivity contribution in [3.8, 4) is 0 Å². The Morgan fingerprint density at radius 2 is 1.23 bits per heavy atom. The van der Waals surface area contributed by atoms with Crippen LogP contribution in [0.2, 0.25) is 0 Å². The maximum atomic E-state index is 11.4. The fourth-order valence-electron chi connectivity index (χ4n) is 1.20. The zero-order valence-corrected chi connectivity index (χ0v) is 11.0. The molecule has 4 N–H and O–H groups in total. The number of carboxylic acids is 2. The second kappa shape index (κ2) is 7.94. The highest BCUT2D eigenvalue weighted by molar-refractivity contribution is 6.03. The molecule has 0 atom stereocenters. The van der Waals surface area contributed by atoms with E-state index in [2.05, 4.69) is 15.6 Å². The Balaban J connectivity index is 2.70. The van der Waals surface area contributed by atoms with E-state index in [1.54, 1.807) is 0 Å². The number of aromatic nitrogens is 1. The van der Waals surface area contributed by atoms with E-state index < -0.39 is 23.8 Å². The molecule has 1 aromatic rings. The summed E-state index contributed by atoms with van der Waals surface area (Å²) in [6.07, 6.45) is 2.95. The van der Waals surface area contributed by atoms with Gasteiger partial charge in [-0.15, -0.1) is 0 Å². The average molecular weight is 305 g/mol. The molecule has 0 spiro atoms. The SMILES string of the molecule is O=C(O)/C=C\C(=O)Nc1cccc(NC(=O)/C=C\C(=O)O)n1. The van der Waals surface area contributed by atoms with E-state index in [0.29, 0.717) is 12.2 Å². The zero-order valence-electron chi connectivity index (χ0n) is 11.0. The summed E-state index contributed by atoms with van der Waals surface area (Å²) >= 11 is 0. The first kappa shape index (κ1) is 16.6. The number of nitrogens with zero attached hydrogens (tertiary/aromatic N) is 1. The van der Waals surface area contributed by atoms with Crippen LogP contribution in [0.3, 0.4) is 0 Å². The maximum absolute atomic E-state index is 11.4. The summed E-state index contributed by atoms with van der Waals surface area (Å²) in [4.78, 5) is 47.1. The van der Waals surface area contributed by atoms with Gasteiger partial charge in [-0.05, 0) is 12.1 Å². The third kappa shape index (κ3) is 6.61. The molecular weight excluding hydrogens is 294 g/mol. The van der Waals surface area contributed by atoms with Gasteiger partial charge in [-0.3, -0.25) is 9.59 Å². The van der Waals surface area contributed by atoms with Crippen molar-refractivity contribution in [3.63, 3.8) is 0 Å². The van der Waals surface area contributed by atoms with Crippen LogP contribution in [0.4, 0.5) is 11.6 Å². The number of aliphatic carboxylic acids is 2. The summed E-state index contributed by atoms with van der Waals surface area (Å²) in [6.45, 7) is 0. The second-order valence-corrected chi connectivity index (χ2v) is 3.73. The Morgan fingerprint density at radius 1 is 0.818 bits per heavy atom. The lowest BCUT2D eigenvalue weighted by Gasteiger charge is -2.05. The summed E-state index contributed by atoms with van der Waals surface area (Å²) in [6, 6.07) is 4.34. The Bertz CT molecular complexity index is 612. The van der Waals surface area contributed by atoms with Crippen LogP contribution in [0.15, 0.2) is 42.5 Å². The predicted molar refractivity (Wildman–Crippen MR) is 75.0 cm³/mol. The smallest absolute Gasteiger partial charge is 0.328 e. The molecule has 1 aromatic heterocycles. The Labute approximate surface area is 124 Å². The van der Waals surface area contributed by atoms with Gasteiger partial charge in [-0.2, -0.15) is 0 Å². The Hall–Kier alpha value is -3.49. The number of carbonyl (C=O) groups excluding carboxylic acids is 2. The third-order valence-corrected chi connectivity index (χ3v) is 2.01. The highest BCUT2D eigenvalue weighted by Crippen LogP contribution is 2.09. The van der Waals surface area contributed by atoms with E-state index in [1.807, 2.05) is 0 Å². The number of nitrogens with one attached hydrogen (secondary N) is 2. The number of hydrogen-bond acceptors (Lipinski definition) is 5. The molecule has 0 aromatic carbocycles. The van der Waals surface area contributed by atoms with Crippen LogP contribution in [0.5, 0.6) is 0 Å². The molecule has 1 rings (SSSR count). The first-order chi connectivity index (χ1) is 10.4. The van der Waals surface area contributed by atoms with Gasteiger partial charge in [-0.25, -0.2) is 14.6 Å². The molecular formula is C13H11N3O6. The van der Waals surface area contributed by atoms with Crippen LogP contribution in [-0.2, 0) is 19.2 Å². The Morgan fingerprint density at radius 3 is 1.59 bits per heavy atom. The molecule has 0 fully saturated rings. The third-order valence-electron chi connectivity index (χ3n) is 2.01. The molecule has 0 aliphatic rings. The molecule has 0 radical (unpaired) electrons. The molecule has 0 bridgehead atoms. The predicted octanol–water partition coefficient (Wildman–Crippen LogP) is 0.240. The molecule has 0 aliphatic heterocycles. The first-order valence-corrected chi connectivity index (χ1v) is 5.78. The van der Waals surface area contributed by atoms with Gasteiger partial charge in [0, 0.05) is 24.3 Å². The van der Waals surface area contributed by atoms with E-state index in [9.17, 15) is 19.2 Å². The number of hydrogen-bond donors (Lipinski definition) is 4. The van der Waals surface area contributed by atoms with Crippen molar-refractivity contribution >= 4 is 35.4 Å². The van der Waals surface area contributed by atoms with E-state index >= 15 is 0 Å². The quantitative estimate of drug-likeness (QED) is 0.550.